The zero-order valence-electron chi connectivity index (χ0n) is 13.8. The highest BCUT2D eigenvalue weighted by Crippen LogP contribution is 2.30. The molecule has 27 heavy (non-hydrogen) atoms. The predicted octanol–water partition coefficient (Wildman–Crippen LogP) is 6.21. The standard InChI is InChI=1S/C20H12BrIN2O2S/c21-13-2-1-3-15(10-13)23-20-24-19(25)18(27-20)11-16-8-9-17(26-16)12-4-6-14(22)7-5-12/h1-11H,(H,23,24,25)/b18-11-. The molecule has 0 saturated carbocycles. The van der Waals surface area contributed by atoms with Crippen molar-refractivity contribution in [2.75, 3.05) is 0 Å². The van der Waals surface area contributed by atoms with E-state index in [0.29, 0.717) is 15.8 Å². The smallest absolute Gasteiger partial charge is 0.264 e. The quantitative estimate of drug-likeness (QED) is 0.312. The number of carbonyl (C=O) groups is 1. The van der Waals surface area contributed by atoms with Crippen LogP contribution in [-0.2, 0) is 4.79 Å². The van der Waals surface area contributed by atoms with Gasteiger partial charge in [-0.15, -0.1) is 0 Å². The molecule has 1 saturated heterocycles. The molecule has 1 aliphatic heterocycles. The number of amidine groups is 1. The van der Waals surface area contributed by atoms with Crippen molar-refractivity contribution in [1.82, 2.24) is 5.32 Å². The Morgan fingerprint density at radius 3 is 2.70 bits per heavy atom. The Kier molecular flexibility index (Phi) is 5.51. The second-order valence-corrected chi connectivity index (χ2v) is 8.86. The van der Waals surface area contributed by atoms with Crippen LogP contribution in [0.25, 0.3) is 17.4 Å². The van der Waals surface area contributed by atoms with E-state index in [0.717, 1.165) is 21.5 Å². The largest absolute Gasteiger partial charge is 0.457 e. The van der Waals surface area contributed by atoms with Crippen LogP contribution in [0.3, 0.4) is 0 Å². The Hall–Kier alpha value is -1.84. The number of nitrogens with zero attached hydrogens (tertiary/aromatic N) is 1. The zero-order chi connectivity index (χ0) is 18.8. The second-order valence-electron chi connectivity index (χ2n) is 5.67. The molecule has 0 radical (unpaired) electrons. The molecule has 2 heterocycles. The number of benzene rings is 2. The van der Waals surface area contributed by atoms with Gasteiger partial charge in [-0.2, -0.15) is 0 Å². The highest BCUT2D eigenvalue weighted by Gasteiger charge is 2.24. The molecular formula is C20H12BrIN2O2S. The number of furan rings is 1. The fourth-order valence-electron chi connectivity index (χ4n) is 2.47. The molecule has 1 N–H and O–H groups in total. The number of amides is 1. The minimum atomic E-state index is -0.180. The van der Waals surface area contributed by atoms with E-state index in [2.05, 4.69) is 48.8 Å². The van der Waals surface area contributed by atoms with E-state index in [1.54, 1.807) is 6.08 Å². The molecule has 7 heteroatoms. The van der Waals surface area contributed by atoms with E-state index >= 15 is 0 Å². The maximum absolute atomic E-state index is 12.2. The van der Waals surface area contributed by atoms with Crippen molar-refractivity contribution in [3.8, 4) is 11.3 Å². The Morgan fingerprint density at radius 2 is 1.93 bits per heavy atom. The number of halogens is 2. The maximum Gasteiger partial charge on any atom is 0.264 e. The number of thioether (sulfide) groups is 1. The fourth-order valence-corrected chi connectivity index (χ4v) is 4.04. The molecule has 4 nitrogen and oxygen atoms in total. The molecule has 1 aliphatic rings. The van der Waals surface area contributed by atoms with E-state index in [1.807, 2.05) is 60.7 Å². The number of aliphatic imine (C=N–C) groups is 1. The van der Waals surface area contributed by atoms with Crippen LogP contribution in [-0.4, -0.2) is 11.1 Å². The molecule has 0 bridgehead atoms. The van der Waals surface area contributed by atoms with Crippen molar-refractivity contribution in [3.05, 3.63) is 79.4 Å². The van der Waals surface area contributed by atoms with Crippen molar-refractivity contribution in [1.29, 1.82) is 0 Å². The SMILES string of the molecule is O=C1NC(=Nc2cccc(Br)c2)S/C1=C\c1ccc(-c2ccc(I)cc2)o1. The fraction of sp³-hybridized carbons (Fsp3) is 0. The molecule has 2 aromatic carbocycles. The first kappa shape index (κ1) is 18.5. The summed E-state index contributed by atoms with van der Waals surface area (Å²) in [7, 11) is 0. The second kappa shape index (κ2) is 8.04. The number of nitrogens with one attached hydrogen (secondary N) is 1. The molecule has 1 fully saturated rings. The Morgan fingerprint density at radius 1 is 1.11 bits per heavy atom. The summed E-state index contributed by atoms with van der Waals surface area (Å²) < 4.78 is 7.98. The minimum absolute atomic E-state index is 0.180. The summed E-state index contributed by atoms with van der Waals surface area (Å²) in [6.45, 7) is 0. The number of carbonyl (C=O) groups excluding carboxylic acids is 1. The van der Waals surface area contributed by atoms with Gasteiger partial charge in [-0.1, -0.05) is 34.1 Å². The first-order valence-corrected chi connectivity index (χ1v) is 10.7. The van der Waals surface area contributed by atoms with Gasteiger partial charge in [0.25, 0.3) is 5.91 Å². The summed E-state index contributed by atoms with van der Waals surface area (Å²) in [6.07, 6.45) is 1.74. The van der Waals surface area contributed by atoms with Crippen LogP contribution in [0.1, 0.15) is 5.76 Å². The van der Waals surface area contributed by atoms with Gasteiger partial charge in [-0.3, -0.25) is 4.79 Å². The summed E-state index contributed by atoms with van der Waals surface area (Å²) in [4.78, 5) is 17.2. The third-order valence-electron chi connectivity index (χ3n) is 3.72. The van der Waals surface area contributed by atoms with Crippen LogP contribution in [0, 0.1) is 3.57 Å². The third-order valence-corrected chi connectivity index (χ3v) is 5.84. The predicted molar refractivity (Wildman–Crippen MR) is 122 cm³/mol. The van der Waals surface area contributed by atoms with Crippen molar-refractivity contribution in [2.45, 2.75) is 0 Å². The van der Waals surface area contributed by atoms with Crippen LogP contribution in [0.4, 0.5) is 5.69 Å². The lowest BCUT2D eigenvalue weighted by atomic mass is 10.2. The summed E-state index contributed by atoms with van der Waals surface area (Å²) in [5.74, 6) is 1.22. The van der Waals surface area contributed by atoms with Crippen molar-refractivity contribution < 1.29 is 9.21 Å². The van der Waals surface area contributed by atoms with Crippen molar-refractivity contribution >= 4 is 73.1 Å². The monoisotopic (exact) mass is 550 g/mol. The van der Waals surface area contributed by atoms with Gasteiger partial charge in [0.05, 0.1) is 10.6 Å². The summed E-state index contributed by atoms with van der Waals surface area (Å²) in [5, 5.41) is 3.33. The minimum Gasteiger partial charge on any atom is -0.457 e. The topological polar surface area (TPSA) is 54.6 Å². The van der Waals surface area contributed by atoms with Gasteiger partial charge in [0.2, 0.25) is 0 Å². The number of hydrogen-bond acceptors (Lipinski definition) is 4. The summed E-state index contributed by atoms with van der Waals surface area (Å²) >= 11 is 6.98. The highest BCUT2D eigenvalue weighted by atomic mass is 127. The van der Waals surface area contributed by atoms with Gasteiger partial charge in [0, 0.05) is 19.7 Å². The Bertz CT molecular complexity index is 1070. The van der Waals surface area contributed by atoms with Crippen molar-refractivity contribution in [3.63, 3.8) is 0 Å². The molecule has 0 spiro atoms. The van der Waals surface area contributed by atoms with Crippen LogP contribution in [0.5, 0.6) is 0 Å². The van der Waals surface area contributed by atoms with Gasteiger partial charge >= 0.3 is 0 Å². The van der Waals surface area contributed by atoms with E-state index in [-0.39, 0.29) is 5.91 Å². The third kappa shape index (κ3) is 4.53. The Labute approximate surface area is 182 Å². The summed E-state index contributed by atoms with van der Waals surface area (Å²) in [6, 6.07) is 19.4. The molecule has 3 aromatic rings. The van der Waals surface area contributed by atoms with E-state index < -0.39 is 0 Å². The molecule has 0 atom stereocenters. The van der Waals surface area contributed by atoms with Gasteiger partial charge in [-0.05, 0) is 76.8 Å². The van der Waals surface area contributed by atoms with E-state index in [1.165, 1.54) is 15.3 Å². The average Bonchev–Trinajstić information content (AvgIpc) is 3.23. The molecular weight excluding hydrogens is 539 g/mol. The number of hydrogen-bond donors (Lipinski definition) is 1. The molecule has 1 amide bonds. The molecule has 0 unspecified atom stereocenters. The normalized spacial score (nSPS) is 16.9. The van der Waals surface area contributed by atoms with Gasteiger partial charge in [-0.25, -0.2) is 4.99 Å². The van der Waals surface area contributed by atoms with Gasteiger partial charge in [0.15, 0.2) is 5.17 Å². The molecule has 0 aliphatic carbocycles. The first-order valence-electron chi connectivity index (χ1n) is 7.98. The van der Waals surface area contributed by atoms with Crippen LogP contribution < -0.4 is 5.32 Å². The Balaban J connectivity index is 1.54. The average molecular weight is 551 g/mol. The molecule has 1 aromatic heterocycles. The maximum atomic E-state index is 12.2. The first-order chi connectivity index (χ1) is 13.1. The van der Waals surface area contributed by atoms with Crippen LogP contribution >= 0.6 is 50.3 Å². The lowest BCUT2D eigenvalue weighted by Gasteiger charge is -1.97. The lowest BCUT2D eigenvalue weighted by Crippen LogP contribution is -2.19. The lowest BCUT2D eigenvalue weighted by molar-refractivity contribution is -0.115. The number of rotatable bonds is 3. The molecule has 134 valence electrons. The van der Waals surface area contributed by atoms with Crippen molar-refractivity contribution in [2.24, 2.45) is 4.99 Å². The van der Waals surface area contributed by atoms with Crippen LogP contribution in [0.2, 0.25) is 0 Å². The van der Waals surface area contributed by atoms with Gasteiger partial charge in [0.1, 0.15) is 11.5 Å². The zero-order valence-corrected chi connectivity index (χ0v) is 18.3. The van der Waals surface area contributed by atoms with Crippen LogP contribution in [0.15, 0.2) is 79.5 Å². The highest BCUT2D eigenvalue weighted by molar-refractivity contribution is 14.1. The molecule has 4 rings (SSSR count). The van der Waals surface area contributed by atoms with Gasteiger partial charge < -0.3 is 9.73 Å². The van der Waals surface area contributed by atoms with E-state index in [9.17, 15) is 4.79 Å². The summed E-state index contributed by atoms with van der Waals surface area (Å²) in [5.41, 5.74) is 1.77. The van der Waals surface area contributed by atoms with E-state index in [4.69, 9.17) is 4.42 Å².